The topological polar surface area (TPSA) is 65.8 Å². The molecule has 21 heavy (non-hydrogen) atoms. The third-order valence-corrected chi connectivity index (χ3v) is 3.12. The quantitative estimate of drug-likeness (QED) is 0.914. The first kappa shape index (κ1) is 14.7. The van der Waals surface area contributed by atoms with Crippen LogP contribution in [0.4, 0.5) is 5.69 Å². The van der Waals surface area contributed by atoms with Gasteiger partial charge in [-0.05, 0) is 29.2 Å². The van der Waals surface area contributed by atoms with Crippen molar-refractivity contribution in [1.29, 1.82) is 5.26 Å². The van der Waals surface area contributed by atoms with E-state index in [0.717, 1.165) is 11.3 Å². The lowest BCUT2D eigenvalue weighted by Gasteiger charge is -2.23. The van der Waals surface area contributed by atoms with Gasteiger partial charge in [0.1, 0.15) is 11.8 Å². The Kier molecular flexibility index (Phi) is 4.04. The number of para-hydroxylation sites is 1. The van der Waals surface area contributed by atoms with Crippen LogP contribution in [0.2, 0.25) is 0 Å². The van der Waals surface area contributed by atoms with Crippen LogP contribution in [0, 0.1) is 11.3 Å². The second-order valence-electron chi connectivity index (χ2n) is 5.79. The number of hydrogen-bond acceptors (Lipinski definition) is 3. The van der Waals surface area contributed by atoms with Gasteiger partial charge >= 0.3 is 0 Å². The Labute approximate surface area is 124 Å². The predicted molar refractivity (Wildman–Crippen MR) is 82.0 cm³/mol. The molecule has 1 aromatic carbocycles. The van der Waals surface area contributed by atoms with Gasteiger partial charge in [-0.25, -0.2) is 4.98 Å². The number of rotatable bonds is 2. The minimum absolute atomic E-state index is 0.0627. The van der Waals surface area contributed by atoms with Crippen molar-refractivity contribution >= 4 is 11.6 Å². The van der Waals surface area contributed by atoms with Crippen LogP contribution in [0.1, 0.15) is 42.4 Å². The van der Waals surface area contributed by atoms with E-state index in [2.05, 4.69) is 31.1 Å². The van der Waals surface area contributed by atoms with E-state index in [1.165, 1.54) is 12.3 Å². The summed E-state index contributed by atoms with van der Waals surface area (Å²) in [6.45, 7) is 6.30. The molecule has 1 heterocycles. The van der Waals surface area contributed by atoms with Crippen LogP contribution in [0.5, 0.6) is 0 Å². The van der Waals surface area contributed by atoms with E-state index in [9.17, 15) is 4.79 Å². The highest BCUT2D eigenvalue weighted by Crippen LogP contribution is 2.29. The number of nitrogens with zero attached hydrogens (tertiary/aromatic N) is 2. The standard InChI is InChI=1S/C17H17N3O/c1-17(2,3)14-6-4-5-7-15(14)20-16(21)12-8-9-13(10-18)19-11-12/h4-9,11H,1-3H3,(H,20,21). The molecule has 1 amide bonds. The van der Waals surface area contributed by atoms with Gasteiger partial charge in [0.15, 0.2) is 0 Å². The lowest BCUT2D eigenvalue weighted by molar-refractivity contribution is 0.102. The summed E-state index contributed by atoms with van der Waals surface area (Å²) in [5, 5.41) is 11.6. The number of nitriles is 1. The predicted octanol–water partition coefficient (Wildman–Crippen LogP) is 3.50. The molecule has 0 unspecified atom stereocenters. The highest BCUT2D eigenvalue weighted by atomic mass is 16.1. The lowest BCUT2D eigenvalue weighted by atomic mass is 9.86. The summed E-state index contributed by atoms with van der Waals surface area (Å²) in [6.07, 6.45) is 1.41. The Balaban J connectivity index is 2.26. The smallest absolute Gasteiger partial charge is 0.257 e. The number of carbonyl (C=O) groups excluding carboxylic acids is 1. The number of aromatic nitrogens is 1. The number of nitrogens with one attached hydrogen (secondary N) is 1. The van der Waals surface area contributed by atoms with Gasteiger partial charge in [-0.1, -0.05) is 39.0 Å². The fraction of sp³-hybridized carbons (Fsp3) is 0.235. The van der Waals surface area contributed by atoms with Crippen LogP contribution in [0.3, 0.4) is 0 Å². The first-order chi connectivity index (χ1) is 9.91. The van der Waals surface area contributed by atoms with Crippen LogP contribution in [-0.2, 0) is 5.41 Å². The van der Waals surface area contributed by atoms with Crippen molar-refractivity contribution in [3.05, 3.63) is 59.4 Å². The molecule has 0 saturated carbocycles. The molecule has 2 aromatic rings. The van der Waals surface area contributed by atoms with Crippen molar-refractivity contribution in [1.82, 2.24) is 4.98 Å². The lowest BCUT2D eigenvalue weighted by Crippen LogP contribution is -2.18. The Morgan fingerprint density at radius 3 is 2.48 bits per heavy atom. The largest absolute Gasteiger partial charge is 0.322 e. The normalized spacial score (nSPS) is 10.8. The van der Waals surface area contributed by atoms with Gasteiger partial charge in [-0.3, -0.25) is 4.79 Å². The van der Waals surface area contributed by atoms with E-state index in [1.54, 1.807) is 6.07 Å². The zero-order chi connectivity index (χ0) is 15.5. The van der Waals surface area contributed by atoms with Gasteiger partial charge in [0, 0.05) is 11.9 Å². The summed E-state index contributed by atoms with van der Waals surface area (Å²) < 4.78 is 0. The molecule has 0 aliphatic rings. The molecule has 0 radical (unpaired) electrons. The maximum atomic E-state index is 12.3. The molecule has 1 N–H and O–H groups in total. The number of hydrogen-bond donors (Lipinski definition) is 1. The molecule has 2 rings (SSSR count). The third kappa shape index (κ3) is 3.46. The Morgan fingerprint density at radius 1 is 1.19 bits per heavy atom. The minimum atomic E-state index is -0.233. The van der Waals surface area contributed by atoms with Crippen LogP contribution in [0.25, 0.3) is 0 Å². The van der Waals surface area contributed by atoms with Gasteiger partial charge in [-0.15, -0.1) is 0 Å². The molecule has 4 heteroatoms. The van der Waals surface area contributed by atoms with Crippen molar-refractivity contribution in [2.75, 3.05) is 5.32 Å². The fourth-order valence-electron chi connectivity index (χ4n) is 2.03. The maximum Gasteiger partial charge on any atom is 0.257 e. The molecule has 106 valence electrons. The summed E-state index contributed by atoms with van der Waals surface area (Å²) in [6, 6.07) is 12.8. The van der Waals surface area contributed by atoms with E-state index in [-0.39, 0.29) is 11.3 Å². The Hall–Kier alpha value is -2.67. The molecule has 1 aromatic heterocycles. The Bertz CT molecular complexity index is 691. The number of carbonyl (C=O) groups is 1. The number of benzene rings is 1. The molecular weight excluding hydrogens is 262 g/mol. The highest BCUT2D eigenvalue weighted by Gasteiger charge is 2.18. The number of amides is 1. The zero-order valence-electron chi connectivity index (χ0n) is 12.3. The van der Waals surface area contributed by atoms with Crippen molar-refractivity contribution in [3.8, 4) is 6.07 Å². The minimum Gasteiger partial charge on any atom is -0.322 e. The van der Waals surface area contributed by atoms with Gasteiger partial charge in [0.2, 0.25) is 0 Å². The second-order valence-corrected chi connectivity index (χ2v) is 5.79. The van der Waals surface area contributed by atoms with Crippen molar-refractivity contribution in [2.24, 2.45) is 0 Å². The van der Waals surface area contributed by atoms with Gasteiger partial charge < -0.3 is 5.32 Å². The Morgan fingerprint density at radius 2 is 1.90 bits per heavy atom. The van der Waals surface area contributed by atoms with E-state index in [1.807, 2.05) is 30.3 Å². The zero-order valence-corrected chi connectivity index (χ0v) is 12.3. The number of pyridine rings is 1. The summed E-state index contributed by atoms with van der Waals surface area (Å²) in [5.74, 6) is -0.233. The molecule has 0 aliphatic carbocycles. The van der Waals surface area contributed by atoms with Crippen molar-refractivity contribution < 1.29 is 4.79 Å². The van der Waals surface area contributed by atoms with Crippen molar-refractivity contribution in [3.63, 3.8) is 0 Å². The van der Waals surface area contributed by atoms with Crippen LogP contribution >= 0.6 is 0 Å². The van der Waals surface area contributed by atoms with E-state index in [0.29, 0.717) is 11.3 Å². The average molecular weight is 279 g/mol. The molecule has 0 saturated heterocycles. The first-order valence-electron chi connectivity index (χ1n) is 6.69. The molecular formula is C17H17N3O. The first-order valence-corrected chi connectivity index (χ1v) is 6.69. The second kappa shape index (κ2) is 5.76. The molecule has 0 fully saturated rings. The number of anilines is 1. The summed E-state index contributed by atoms with van der Waals surface area (Å²) in [7, 11) is 0. The summed E-state index contributed by atoms with van der Waals surface area (Å²) in [4.78, 5) is 16.2. The van der Waals surface area contributed by atoms with E-state index >= 15 is 0 Å². The molecule has 0 spiro atoms. The highest BCUT2D eigenvalue weighted by molar-refractivity contribution is 6.04. The summed E-state index contributed by atoms with van der Waals surface area (Å²) in [5.41, 5.74) is 2.52. The molecule has 0 atom stereocenters. The van der Waals surface area contributed by atoms with Gasteiger partial charge in [-0.2, -0.15) is 5.26 Å². The summed E-state index contributed by atoms with van der Waals surface area (Å²) >= 11 is 0. The maximum absolute atomic E-state index is 12.3. The van der Waals surface area contributed by atoms with E-state index < -0.39 is 0 Å². The third-order valence-electron chi connectivity index (χ3n) is 3.12. The van der Waals surface area contributed by atoms with Gasteiger partial charge in [0.25, 0.3) is 5.91 Å². The molecule has 4 nitrogen and oxygen atoms in total. The monoisotopic (exact) mass is 279 g/mol. The van der Waals surface area contributed by atoms with E-state index in [4.69, 9.17) is 5.26 Å². The van der Waals surface area contributed by atoms with Crippen LogP contribution < -0.4 is 5.32 Å². The van der Waals surface area contributed by atoms with Crippen molar-refractivity contribution in [2.45, 2.75) is 26.2 Å². The van der Waals surface area contributed by atoms with Crippen LogP contribution in [0.15, 0.2) is 42.6 Å². The van der Waals surface area contributed by atoms with Crippen LogP contribution in [-0.4, -0.2) is 10.9 Å². The SMILES string of the molecule is CC(C)(C)c1ccccc1NC(=O)c1ccc(C#N)nc1. The fourth-order valence-corrected chi connectivity index (χ4v) is 2.03. The average Bonchev–Trinajstić information content (AvgIpc) is 2.47. The molecule has 0 bridgehead atoms. The molecule has 0 aliphatic heterocycles. The van der Waals surface area contributed by atoms with Gasteiger partial charge in [0.05, 0.1) is 5.56 Å².